The van der Waals surface area contributed by atoms with E-state index in [0.717, 1.165) is 6.54 Å². The number of benzene rings is 1. The molecule has 0 saturated heterocycles. The monoisotopic (exact) mass is 240 g/mol. The summed E-state index contributed by atoms with van der Waals surface area (Å²) in [6.45, 7) is 3.19. The number of rotatable bonds is 1. The average molecular weight is 241 g/mol. The number of nitrogens with zero attached hydrogens (tertiary/aromatic N) is 2. The average Bonchev–Trinajstić information content (AvgIpc) is 2.44. The SMILES string of the molecule is CCn1c[n+](C)c2ccccc21.[Br-]. The summed E-state index contributed by atoms with van der Waals surface area (Å²) < 4.78 is 4.40. The number of hydrogen-bond donors (Lipinski definition) is 0. The minimum atomic E-state index is 0. The molecule has 0 bridgehead atoms. The topological polar surface area (TPSA) is 8.81 Å². The molecule has 0 aliphatic rings. The van der Waals surface area contributed by atoms with Gasteiger partial charge < -0.3 is 17.0 Å². The molecular weight excluding hydrogens is 228 g/mol. The molecule has 2 aromatic rings. The van der Waals surface area contributed by atoms with E-state index in [1.807, 2.05) is 0 Å². The molecule has 2 rings (SSSR count). The Balaban J connectivity index is 0.000000845. The van der Waals surface area contributed by atoms with Crippen molar-refractivity contribution in [3.8, 4) is 0 Å². The van der Waals surface area contributed by atoms with Gasteiger partial charge in [0.25, 0.3) is 0 Å². The number of fused-ring (bicyclic) bond motifs is 1. The third kappa shape index (κ3) is 1.61. The van der Waals surface area contributed by atoms with E-state index in [9.17, 15) is 0 Å². The summed E-state index contributed by atoms with van der Waals surface area (Å²) in [6, 6.07) is 8.44. The Hall–Kier alpha value is -0.830. The lowest BCUT2D eigenvalue weighted by atomic mass is 10.3. The number of imidazole rings is 1. The van der Waals surface area contributed by atoms with E-state index in [0.29, 0.717) is 0 Å². The Morgan fingerprint density at radius 3 is 2.69 bits per heavy atom. The van der Waals surface area contributed by atoms with Gasteiger partial charge in [0.15, 0.2) is 11.0 Å². The number of hydrogen-bond acceptors (Lipinski definition) is 0. The fourth-order valence-corrected chi connectivity index (χ4v) is 1.59. The zero-order valence-electron chi connectivity index (χ0n) is 7.87. The van der Waals surface area contributed by atoms with E-state index in [4.69, 9.17) is 0 Å². The largest absolute Gasteiger partial charge is 1.00 e. The highest BCUT2D eigenvalue weighted by molar-refractivity contribution is 5.71. The van der Waals surface area contributed by atoms with E-state index in [2.05, 4.69) is 53.7 Å². The Morgan fingerprint density at radius 1 is 1.31 bits per heavy atom. The Bertz CT molecular complexity index is 406. The van der Waals surface area contributed by atoms with Gasteiger partial charge in [0.1, 0.15) is 0 Å². The molecular formula is C10H13BrN2. The van der Waals surface area contributed by atoms with Gasteiger partial charge in [0.2, 0.25) is 6.33 Å². The molecule has 0 amide bonds. The molecule has 0 aliphatic heterocycles. The quantitative estimate of drug-likeness (QED) is 0.537. The second-order valence-electron chi connectivity index (χ2n) is 3.00. The highest BCUT2D eigenvalue weighted by Crippen LogP contribution is 2.08. The van der Waals surface area contributed by atoms with Gasteiger partial charge in [0.05, 0.1) is 13.6 Å². The summed E-state index contributed by atoms with van der Waals surface area (Å²) in [5.41, 5.74) is 2.60. The molecule has 0 N–H and O–H groups in total. The van der Waals surface area contributed by atoms with E-state index < -0.39 is 0 Å². The van der Waals surface area contributed by atoms with Gasteiger partial charge in [-0.1, -0.05) is 12.1 Å². The first kappa shape index (κ1) is 10.3. The third-order valence-corrected chi connectivity index (χ3v) is 2.22. The Morgan fingerprint density at radius 2 is 2.00 bits per heavy atom. The van der Waals surface area contributed by atoms with E-state index in [-0.39, 0.29) is 17.0 Å². The summed E-state index contributed by atoms with van der Waals surface area (Å²) in [5.74, 6) is 0. The molecule has 2 nitrogen and oxygen atoms in total. The molecule has 3 heteroatoms. The number of aryl methyl sites for hydroxylation is 2. The van der Waals surface area contributed by atoms with Crippen molar-refractivity contribution in [2.75, 3.05) is 0 Å². The van der Waals surface area contributed by atoms with Gasteiger partial charge >= 0.3 is 0 Å². The number of halogens is 1. The van der Waals surface area contributed by atoms with Crippen LogP contribution in [0.15, 0.2) is 30.6 Å². The molecule has 13 heavy (non-hydrogen) atoms. The van der Waals surface area contributed by atoms with Crippen LogP contribution in [0.5, 0.6) is 0 Å². The first-order chi connectivity index (χ1) is 5.83. The van der Waals surface area contributed by atoms with Crippen molar-refractivity contribution in [2.45, 2.75) is 13.5 Å². The Kier molecular flexibility index (Phi) is 3.09. The summed E-state index contributed by atoms with van der Waals surface area (Å²) in [7, 11) is 2.08. The molecule has 1 aromatic heterocycles. The van der Waals surface area contributed by atoms with E-state index in [1.165, 1.54) is 11.0 Å². The zero-order valence-corrected chi connectivity index (χ0v) is 9.45. The van der Waals surface area contributed by atoms with Gasteiger partial charge in [-0.3, -0.25) is 0 Å². The van der Waals surface area contributed by atoms with Crippen LogP contribution < -0.4 is 21.5 Å². The number of para-hydroxylation sites is 2. The fourth-order valence-electron chi connectivity index (χ4n) is 1.59. The lowest BCUT2D eigenvalue weighted by Gasteiger charge is -1.88. The molecule has 0 unspecified atom stereocenters. The molecule has 1 aromatic carbocycles. The normalized spacial score (nSPS) is 10.0. The molecule has 70 valence electrons. The summed E-state index contributed by atoms with van der Waals surface area (Å²) >= 11 is 0. The fraction of sp³-hybridized carbons (Fsp3) is 0.300. The van der Waals surface area contributed by atoms with Crippen molar-refractivity contribution < 1.29 is 21.5 Å². The highest BCUT2D eigenvalue weighted by atomic mass is 79.9. The van der Waals surface area contributed by atoms with Crippen LogP contribution in [0.2, 0.25) is 0 Å². The molecule has 0 spiro atoms. The molecule has 0 fully saturated rings. The van der Waals surface area contributed by atoms with Crippen molar-refractivity contribution in [3.63, 3.8) is 0 Å². The Labute approximate surface area is 88.6 Å². The lowest BCUT2D eigenvalue weighted by molar-refractivity contribution is -0.645. The third-order valence-electron chi connectivity index (χ3n) is 2.22. The lowest BCUT2D eigenvalue weighted by Crippen LogP contribution is -3.00. The summed E-state index contributed by atoms with van der Waals surface area (Å²) in [6.07, 6.45) is 2.13. The maximum Gasteiger partial charge on any atom is 0.244 e. The van der Waals surface area contributed by atoms with Crippen LogP contribution in [-0.2, 0) is 13.6 Å². The second-order valence-corrected chi connectivity index (χ2v) is 3.00. The van der Waals surface area contributed by atoms with Crippen LogP contribution in [0.4, 0.5) is 0 Å². The standard InChI is InChI=1S/C10H13N2.BrH/c1-3-12-8-11(2)9-6-4-5-7-10(9)12;/h4-8H,3H2,1-2H3;1H/q+1;/p-1. The van der Waals surface area contributed by atoms with Crippen molar-refractivity contribution in [3.05, 3.63) is 30.6 Å². The summed E-state index contributed by atoms with van der Waals surface area (Å²) in [4.78, 5) is 0. The molecule has 0 atom stereocenters. The maximum atomic E-state index is 2.25. The first-order valence-corrected chi connectivity index (χ1v) is 4.26. The second kappa shape index (κ2) is 3.92. The van der Waals surface area contributed by atoms with Gasteiger partial charge in [0, 0.05) is 0 Å². The predicted octanol–water partition coefficient (Wildman–Crippen LogP) is -1.51. The highest BCUT2D eigenvalue weighted by Gasteiger charge is 2.09. The van der Waals surface area contributed by atoms with Crippen molar-refractivity contribution >= 4 is 11.0 Å². The summed E-state index contributed by atoms with van der Waals surface area (Å²) in [5, 5.41) is 0. The molecule has 0 saturated carbocycles. The van der Waals surface area contributed by atoms with E-state index in [1.54, 1.807) is 0 Å². The minimum absolute atomic E-state index is 0. The van der Waals surface area contributed by atoms with Crippen LogP contribution in [0.1, 0.15) is 6.92 Å². The van der Waals surface area contributed by atoms with Crippen molar-refractivity contribution in [1.82, 2.24) is 4.57 Å². The van der Waals surface area contributed by atoms with Crippen LogP contribution in [-0.4, -0.2) is 4.57 Å². The van der Waals surface area contributed by atoms with Crippen molar-refractivity contribution in [1.29, 1.82) is 0 Å². The van der Waals surface area contributed by atoms with Crippen LogP contribution in [0.3, 0.4) is 0 Å². The molecule has 0 radical (unpaired) electrons. The molecule has 1 heterocycles. The van der Waals surface area contributed by atoms with E-state index >= 15 is 0 Å². The smallest absolute Gasteiger partial charge is 0.244 e. The van der Waals surface area contributed by atoms with Gasteiger partial charge in [-0.2, -0.15) is 0 Å². The van der Waals surface area contributed by atoms with Gasteiger partial charge in [-0.25, -0.2) is 9.13 Å². The van der Waals surface area contributed by atoms with Gasteiger partial charge in [-0.15, -0.1) is 0 Å². The van der Waals surface area contributed by atoms with Crippen molar-refractivity contribution in [2.24, 2.45) is 7.05 Å². The minimum Gasteiger partial charge on any atom is -1.00 e. The predicted molar refractivity (Wildman–Crippen MR) is 48.8 cm³/mol. The molecule has 0 aliphatic carbocycles. The maximum absolute atomic E-state index is 2.25. The van der Waals surface area contributed by atoms with Crippen LogP contribution >= 0.6 is 0 Å². The van der Waals surface area contributed by atoms with Crippen LogP contribution in [0.25, 0.3) is 11.0 Å². The van der Waals surface area contributed by atoms with Crippen LogP contribution in [0, 0.1) is 0 Å². The first-order valence-electron chi connectivity index (χ1n) is 4.26. The number of aromatic nitrogens is 2. The zero-order chi connectivity index (χ0) is 8.55. The van der Waals surface area contributed by atoms with Gasteiger partial charge in [-0.05, 0) is 19.1 Å².